The molecule has 0 aliphatic rings. The van der Waals surface area contributed by atoms with Crippen LogP contribution in [0.2, 0.25) is 0 Å². The molecule has 30 heavy (non-hydrogen) atoms. The zero-order valence-corrected chi connectivity index (χ0v) is 17.8. The number of hydrogen-bond acceptors (Lipinski definition) is 4. The van der Waals surface area contributed by atoms with Gasteiger partial charge in [0, 0.05) is 24.5 Å². The molecular weight excluding hydrogens is 378 g/mol. The highest BCUT2D eigenvalue weighted by Gasteiger charge is 2.17. The Morgan fingerprint density at radius 1 is 1.07 bits per heavy atom. The highest BCUT2D eigenvalue weighted by molar-refractivity contribution is 6.06. The Kier molecular flexibility index (Phi) is 7.08. The molecule has 7 nitrogen and oxygen atoms in total. The van der Waals surface area contributed by atoms with Crippen LogP contribution in [-0.4, -0.2) is 46.8 Å². The zero-order valence-electron chi connectivity index (χ0n) is 17.8. The molecule has 0 fully saturated rings. The van der Waals surface area contributed by atoms with Crippen LogP contribution in [0.1, 0.15) is 35.5 Å². The standard InChI is InChI=1S/C23H29N5O2/c1-4-28(5-2)15-17-10-12-18(13-11-17)16-30-26-23(24)27(3)22(29)21-14-19-8-6-7-9-20(19)25-21/h6-14,25H,4-5,15-16H2,1-3H3,(H2,24,26). The number of guanidine groups is 1. The maximum atomic E-state index is 12.6. The number of oxime groups is 1. The summed E-state index contributed by atoms with van der Waals surface area (Å²) < 4.78 is 0. The summed E-state index contributed by atoms with van der Waals surface area (Å²) in [6, 6.07) is 17.7. The van der Waals surface area contributed by atoms with Crippen LogP contribution in [0.25, 0.3) is 10.9 Å². The summed E-state index contributed by atoms with van der Waals surface area (Å²) >= 11 is 0. The summed E-state index contributed by atoms with van der Waals surface area (Å²) in [7, 11) is 1.57. The minimum Gasteiger partial charge on any atom is -0.388 e. The molecule has 2 aromatic carbocycles. The second-order valence-electron chi connectivity index (χ2n) is 7.14. The molecule has 0 saturated carbocycles. The molecule has 3 rings (SSSR count). The highest BCUT2D eigenvalue weighted by atomic mass is 16.6. The lowest BCUT2D eigenvalue weighted by molar-refractivity contribution is 0.0845. The number of rotatable bonds is 8. The Balaban J connectivity index is 1.55. The predicted molar refractivity (Wildman–Crippen MR) is 120 cm³/mol. The van der Waals surface area contributed by atoms with Crippen LogP contribution >= 0.6 is 0 Å². The van der Waals surface area contributed by atoms with Crippen molar-refractivity contribution in [1.29, 1.82) is 0 Å². The minimum absolute atomic E-state index is 0.00295. The number of nitrogens with zero attached hydrogens (tertiary/aromatic N) is 3. The van der Waals surface area contributed by atoms with Crippen molar-refractivity contribution in [2.45, 2.75) is 27.0 Å². The van der Waals surface area contributed by atoms with E-state index in [1.807, 2.05) is 36.4 Å². The number of H-pyrrole nitrogens is 1. The van der Waals surface area contributed by atoms with Crippen molar-refractivity contribution < 1.29 is 9.63 Å². The third-order valence-electron chi connectivity index (χ3n) is 5.12. The average molecular weight is 408 g/mol. The number of aromatic nitrogens is 1. The number of nitrogens with one attached hydrogen (secondary N) is 1. The van der Waals surface area contributed by atoms with Crippen molar-refractivity contribution in [3.05, 3.63) is 71.4 Å². The van der Waals surface area contributed by atoms with Gasteiger partial charge in [-0.2, -0.15) is 0 Å². The van der Waals surface area contributed by atoms with Gasteiger partial charge in [-0.25, -0.2) is 0 Å². The quantitative estimate of drug-likeness (QED) is 0.340. The third kappa shape index (κ3) is 5.18. The molecule has 3 N–H and O–H groups in total. The SMILES string of the molecule is CCN(CC)Cc1ccc(CON=C(N)N(C)C(=O)c2cc3ccccc3[nH]2)cc1. The zero-order chi connectivity index (χ0) is 21.5. The molecule has 0 radical (unpaired) electrons. The lowest BCUT2D eigenvalue weighted by Gasteiger charge is -2.18. The first-order chi connectivity index (χ1) is 14.5. The number of aromatic amines is 1. The Morgan fingerprint density at radius 2 is 1.73 bits per heavy atom. The van der Waals surface area contributed by atoms with Gasteiger partial charge in [0.25, 0.3) is 5.91 Å². The van der Waals surface area contributed by atoms with Gasteiger partial charge in [0.2, 0.25) is 5.96 Å². The van der Waals surface area contributed by atoms with Crippen LogP contribution in [0.15, 0.2) is 59.8 Å². The summed E-state index contributed by atoms with van der Waals surface area (Å²) in [6.45, 7) is 7.59. The van der Waals surface area contributed by atoms with Crippen molar-refractivity contribution in [2.75, 3.05) is 20.1 Å². The molecule has 0 aliphatic heterocycles. The van der Waals surface area contributed by atoms with E-state index in [2.05, 4.69) is 41.0 Å². The fourth-order valence-electron chi connectivity index (χ4n) is 3.15. The molecule has 1 heterocycles. The van der Waals surface area contributed by atoms with Crippen LogP contribution in [-0.2, 0) is 18.0 Å². The van der Waals surface area contributed by atoms with Crippen LogP contribution in [0.3, 0.4) is 0 Å². The van der Waals surface area contributed by atoms with E-state index in [1.54, 1.807) is 13.1 Å². The number of fused-ring (bicyclic) bond motifs is 1. The smallest absolute Gasteiger partial charge is 0.276 e. The lowest BCUT2D eigenvalue weighted by Crippen LogP contribution is -2.39. The maximum Gasteiger partial charge on any atom is 0.276 e. The Bertz CT molecular complexity index is 973. The largest absolute Gasteiger partial charge is 0.388 e. The van der Waals surface area contributed by atoms with E-state index in [-0.39, 0.29) is 18.5 Å². The number of carbonyl (C=O) groups is 1. The molecule has 0 saturated heterocycles. The summed E-state index contributed by atoms with van der Waals surface area (Å²) in [4.78, 5) is 24.7. The first-order valence-electron chi connectivity index (χ1n) is 10.1. The van der Waals surface area contributed by atoms with Gasteiger partial charge in [-0.1, -0.05) is 56.3 Å². The van der Waals surface area contributed by atoms with Gasteiger partial charge in [-0.05, 0) is 41.5 Å². The molecule has 7 heteroatoms. The van der Waals surface area contributed by atoms with Gasteiger partial charge in [-0.3, -0.25) is 14.6 Å². The van der Waals surface area contributed by atoms with E-state index < -0.39 is 0 Å². The summed E-state index contributed by atoms with van der Waals surface area (Å²) in [6.07, 6.45) is 0. The summed E-state index contributed by atoms with van der Waals surface area (Å²) in [5, 5.41) is 4.86. The van der Waals surface area contributed by atoms with E-state index in [1.165, 1.54) is 10.5 Å². The normalized spacial score (nSPS) is 11.8. The van der Waals surface area contributed by atoms with E-state index >= 15 is 0 Å². The van der Waals surface area contributed by atoms with E-state index in [4.69, 9.17) is 10.6 Å². The number of para-hydroxylation sites is 1. The van der Waals surface area contributed by atoms with Crippen molar-refractivity contribution in [3.63, 3.8) is 0 Å². The Hall–Kier alpha value is -3.32. The minimum atomic E-state index is -0.281. The van der Waals surface area contributed by atoms with Gasteiger partial charge in [0.05, 0.1) is 0 Å². The number of nitrogens with two attached hydrogens (primary N) is 1. The van der Waals surface area contributed by atoms with Crippen molar-refractivity contribution in [1.82, 2.24) is 14.8 Å². The Labute approximate surface area is 177 Å². The second-order valence-corrected chi connectivity index (χ2v) is 7.14. The monoisotopic (exact) mass is 407 g/mol. The van der Waals surface area contributed by atoms with Crippen LogP contribution < -0.4 is 5.73 Å². The van der Waals surface area contributed by atoms with Crippen molar-refractivity contribution >= 4 is 22.8 Å². The molecule has 0 spiro atoms. The molecule has 0 aliphatic carbocycles. The second kappa shape index (κ2) is 9.93. The van der Waals surface area contributed by atoms with Gasteiger partial charge in [-0.15, -0.1) is 0 Å². The van der Waals surface area contributed by atoms with E-state index in [9.17, 15) is 4.79 Å². The average Bonchev–Trinajstić information content (AvgIpc) is 3.21. The molecule has 0 unspecified atom stereocenters. The number of amides is 1. The lowest BCUT2D eigenvalue weighted by atomic mass is 10.1. The third-order valence-corrected chi connectivity index (χ3v) is 5.12. The van der Waals surface area contributed by atoms with E-state index in [0.29, 0.717) is 5.69 Å². The molecule has 1 aromatic heterocycles. The van der Waals surface area contributed by atoms with Crippen LogP contribution in [0.4, 0.5) is 0 Å². The first-order valence-corrected chi connectivity index (χ1v) is 10.1. The molecule has 0 atom stereocenters. The highest BCUT2D eigenvalue weighted by Crippen LogP contribution is 2.15. The molecule has 1 amide bonds. The number of hydrogen-bond donors (Lipinski definition) is 2. The fourth-order valence-corrected chi connectivity index (χ4v) is 3.15. The van der Waals surface area contributed by atoms with Crippen molar-refractivity contribution in [2.24, 2.45) is 10.9 Å². The molecule has 3 aromatic rings. The number of carbonyl (C=O) groups excluding carboxylic acids is 1. The van der Waals surface area contributed by atoms with Gasteiger partial charge in [0.1, 0.15) is 12.3 Å². The van der Waals surface area contributed by atoms with Gasteiger partial charge in [0.15, 0.2) is 0 Å². The Morgan fingerprint density at radius 3 is 2.40 bits per heavy atom. The maximum absolute atomic E-state index is 12.6. The summed E-state index contributed by atoms with van der Waals surface area (Å²) in [5.41, 5.74) is 9.52. The molecule has 0 bridgehead atoms. The summed E-state index contributed by atoms with van der Waals surface area (Å²) in [5.74, 6) is -0.284. The molecular formula is C23H29N5O2. The van der Waals surface area contributed by atoms with Crippen LogP contribution in [0, 0.1) is 0 Å². The fraction of sp³-hybridized carbons (Fsp3) is 0.304. The molecule has 158 valence electrons. The predicted octanol–water partition coefficient (Wildman–Crippen LogP) is 3.53. The van der Waals surface area contributed by atoms with E-state index in [0.717, 1.165) is 36.1 Å². The van der Waals surface area contributed by atoms with Gasteiger partial charge >= 0.3 is 0 Å². The first kappa shape index (κ1) is 21.4. The van der Waals surface area contributed by atoms with Crippen LogP contribution in [0.5, 0.6) is 0 Å². The van der Waals surface area contributed by atoms with Crippen molar-refractivity contribution in [3.8, 4) is 0 Å². The van der Waals surface area contributed by atoms with Gasteiger partial charge < -0.3 is 15.6 Å². The topological polar surface area (TPSA) is 86.9 Å². The number of benzene rings is 2.